The highest BCUT2D eigenvalue weighted by Crippen LogP contribution is 2.61. The van der Waals surface area contributed by atoms with Crippen LogP contribution in [0.15, 0.2) is 77.5 Å². The van der Waals surface area contributed by atoms with Gasteiger partial charge in [0.15, 0.2) is 17.3 Å². The van der Waals surface area contributed by atoms with Crippen LogP contribution >= 0.6 is 12.2 Å². The first-order valence-electron chi connectivity index (χ1n) is 23.6. The maximum Gasteiger partial charge on any atom is 0.417 e. The van der Waals surface area contributed by atoms with E-state index in [1.54, 1.807) is 49.1 Å². The van der Waals surface area contributed by atoms with Crippen molar-refractivity contribution in [3.05, 3.63) is 95.5 Å². The number of benzene rings is 3. The number of β-amino-alcohol motifs (C(OH)–C–C–N with tert-alkyl or cyclic N) is 1. The van der Waals surface area contributed by atoms with Gasteiger partial charge in [0.1, 0.15) is 30.0 Å². The molecule has 0 radical (unpaired) electrons. The van der Waals surface area contributed by atoms with Crippen LogP contribution in [0.5, 0.6) is 5.75 Å². The van der Waals surface area contributed by atoms with Gasteiger partial charge in [-0.3, -0.25) is 24.1 Å². The van der Waals surface area contributed by atoms with Gasteiger partial charge in [0.25, 0.3) is 5.91 Å². The molecule has 3 heterocycles. The Morgan fingerprint density at radius 2 is 1.63 bits per heavy atom. The number of aliphatic hydroxyl groups excluding tert-OH is 1. The number of halogens is 3. The van der Waals surface area contributed by atoms with Crippen molar-refractivity contribution in [2.75, 3.05) is 36.2 Å². The minimum Gasteiger partial charge on any atom is -0.493 e. The van der Waals surface area contributed by atoms with Gasteiger partial charge in [0, 0.05) is 30.8 Å². The number of thiocarbonyl (C=S) groups is 1. The molecule has 0 bridgehead atoms. The number of alkyl halides is 3. The standard InChI is InChI=1S/C52H58F3N7O8S/c1-30-43(70-29-58-30)34-9-7-31(8-10-34)24-57-45(65)41-18-38(63)25-60(41)46(66)44(49(2,3)4)59-42(64)28-68-26-32-19-51(20-32)21-33(22-51)27-69-39-15-13-36(14-16-39)62-48(71)61(47(67)50(62,5)6)37-12-11-35(23-56)40(17-37)52(53,54)55/h7-17,29,32-33,38,41,44,63H,18-22,24-28H2,1-6H3,(H,57,65)(H,59,64)/t32?,33?,38-,41+,44-,51?/m1/s1. The molecule has 1 aromatic heterocycles. The fraction of sp³-hybridized carbons (Fsp3) is 0.481. The zero-order valence-corrected chi connectivity index (χ0v) is 41.3. The molecular weight excluding hydrogens is 940 g/mol. The molecule has 0 unspecified atom stereocenters. The highest BCUT2D eigenvalue weighted by atomic mass is 32.1. The normalized spacial score (nSPS) is 23.3. The zero-order chi connectivity index (χ0) is 51.2. The van der Waals surface area contributed by atoms with E-state index < -0.39 is 70.1 Å². The average molecular weight is 998 g/mol. The van der Waals surface area contributed by atoms with E-state index in [2.05, 4.69) is 15.6 Å². The van der Waals surface area contributed by atoms with E-state index >= 15 is 0 Å². The monoisotopic (exact) mass is 997 g/mol. The van der Waals surface area contributed by atoms with Crippen molar-refractivity contribution < 1.29 is 51.3 Å². The van der Waals surface area contributed by atoms with Gasteiger partial charge >= 0.3 is 6.18 Å². The molecule has 2 aliphatic carbocycles. The van der Waals surface area contributed by atoms with Crippen molar-refractivity contribution in [3.8, 4) is 23.1 Å². The lowest BCUT2D eigenvalue weighted by molar-refractivity contribution is -0.145. The van der Waals surface area contributed by atoms with E-state index in [1.807, 2.05) is 52.0 Å². The summed E-state index contributed by atoms with van der Waals surface area (Å²) in [6.07, 6.45) is -0.290. The van der Waals surface area contributed by atoms with Gasteiger partial charge in [-0.1, -0.05) is 45.0 Å². The Hall–Kier alpha value is -6.36. The van der Waals surface area contributed by atoms with E-state index in [-0.39, 0.29) is 42.3 Å². The molecule has 376 valence electrons. The molecule has 4 amide bonds. The van der Waals surface area contributed by atoms with Gasteiger partial charge in [-0.15, -0.1) is 0 Å². The lowest BCUT2D eigenvalue weighted by Crippen LogP contribution is -2.58. The number of nitriles is 1. The van der Waals surface area contributed by atoms with Crippen molar-refractivity contribution in [1.29, 1.82) is 5.26 Å². The number of hydrogen-bond donors (Lipinski definition) is 3. The van der Waals surface area contributed by atoms with Crippen LogP contribution < -0.4 is 25.2 Å². The number of oxazole rings is 1. The molecule has 19 heteroatoms. The largest absolute Gasteiger partial charge is 0.493 e. The van der Waals surface area contributed by atoms with Crippen LogP contribution in [0.4, 0.5) is 24.5 Å². The van der Waals surface area contributed by atoms with Gasteiger partial charge in [-0.05, 0) is 129 Å². The number of aliphatic hydroxyl groups is 1. The first-order chi connectivity index (χ1) is 33.5. The number of rotatable bonds is 15. The second-order valence-electron chi connectivity index (χ2n) is 21.0. The fourth-order valence-electron chi connectivity index (χ4n) is 10.6. The maximum atomic E-state index is 14.0. The Morgan fingerprint density at radius 3 is 2.24 bits per heavy atom. The predicted octanol–water partition coefficient (Wildman–Crippen LogP) is 7.47. The number of nitrogens with one attached hydrogen (secondary N) is 2. The topological polar surface area (TPSA) is 191 Å². The summed E-state index contributed by atoms with van der Waals surface area (Å²) in [5.41, 5.74) is -0.471. The first-order valence-corrected chi connectivity index (χ1v) is 24.0. The number of aromatic nitrogens is 1. The van der Waals surface area contributed by atoms with E-state index in [9.17, 15) is 42.7 Å². The van der Waals surface area contributed by atoms with Crippen LogP contribution in [0.2, 0.25) is 0 Å². The molecule has 1 spiro atoms. The van der Waals surface area contributed by atoms with E-state index in [0.29, 0.717) is 42.2 Å². The van der Waals surface area contributed by atoms with Gasteiger partial charge in [0.05, 0.1) is 47.9 Å². The molecule has 3 N–H and O–H groups in total. The van der Waals surface area contributed by atoms with Gasteiger partial charge in [-0.2, -0.15) is 18.4 Å². The van der Waals surface area contributed by atoms with Crippen LogP contribution in [0.25, 0.3) is 11.3 Å². The third-order valence-electron chi connectivity index (χ3n) is 14.1. The molecule has 8 rings (SSSR count). The minimum atomic E-state index is -4.80. The van der Waals surface area contributed by atoms with Crippen molar-refractivity contribution in [3.63, 3.8) is 0 Å². The number of ether oxygens (including phenoxy) is 2. The predicted molar refractivity (Wildman–Crippen MR) is 259 cm³/mol. The van der Waals surface area contributed by atoms with E-state index in [1.165, 1.54) is 17.4 Å². The van der Waals surface area contributed by atoms with Gasteiger partial charge in [-0.25, -0.2) is 4.98 Å². The molecule has 15 nitrogen and oxygen atoms in total. The SMILES string of the molecule is Cc1ncoc1-c1ccc(CNC(=O)[C@@H]2C[C@@H](O)CN2C(=O)[C@@H](NC(=O)COCC2CC3(C2)CC(COc2ccc(N4C(=S)N(c5ccc(C#N)c(C(F)(F)F)c5)C(=O)C4(C)C)cc2)C3)C(C)(C)C)cc1. The first kappa shape index (κ1) is 51.0. The number of likely N-dealkylation sites (tertiary alicyclic amines) is 1. The summed E-state index contributed by atoms with van der Waals surface area (Å²) in [7, 11) is 0. The number of anilines is 2. The number of carbonyl (C=O) groups excluding carboxylic acids is 4. The fourth-order valence-corrected chi connectivity index (χ4v) is 11.1. The quantitative estimate of drug-likeness (QED) is 0.0999. The van der Waals surface area contributed by atoms with E-state index in [0.717, 1.165) is 59.5 Å². The number of amides is 4. The van der Waals surface area contributed by atoms with Crippen LogP contribution in [0, 0.1) is 40.9 Å². The summed E-state index contributed by atoms with van der Waals surface area (Å²) >= 11 is 5.66. The third kappa shape index (κ3) is 10.7. The lowest BCUT2D eigenvalue weighted by Gasteiger charge is -2.57. The summed E-state index contributed by atoms with van der Waals surface area (Å²) in [5, 5.41) is 25.6. The summed E-state index contributed by atoms with van der Waals surface area (Å²) in [6.45, 7) is 11.5. The van der Waals surface area contributed by atoms with Crippen molar-refractivity contribution in [2.45, 2.75) is 110 Å². The summed E-state index contributed by atoms with van der Waals surface area (Å²) < 4.78 is 58.7. The molecule has 4 fully saturated rings. The van der Waals surface area contributed by atoms with Crippen molar-refractivity contribution in [1.82, 2.24) is 20.5 Å². The molecule has 2 saturated carbocycles. The number of nitrogens with zero attached hydrogens (tertiary/aromatic N) is 5. The van der Waals surface area contributed by atoms with Gasteiger partial charge < -0.3 is 39.4 Å². The van der Waals surface area contributed by atoms with E-state index in [4.69, 9.17) is 26.1 Å². The minimum absolute atomic E-state index is 0.00699. The summed E-state index contributed by atoms with van der Waals surface area (Å²) in [4.78, 5) is 62.5. The van der Waals surface area contributed by atoms with Crippen molar-refractivity contribution in [2.24, 2.45) is 22.7 Å². The van der Waals surface area contributed by atoms with Gasteiger partial charge in [0.2, 0.25) is 17.7 Å². The average Bonchev–Trinajstić information content (AvgIpc) is 3.96. The highest BCUT2D eigenvalue weighted by molar-refractivity contribution is 7.81. The second-order valence-corrected chi connectivity index (χ2v) is 21.3. The molecule has 2 saturated heterocycles. The molecule has 3 atom stereocenters. The molecule has 3 aromatic carbocycles. The Labute approximate surface area is 415 Å². The molecule has 2 aliphatic heterocycles. The smallest absolute Gasteiger partial charge is 0.417 e. The highest BCUT2D eigenvalue weighted by Gasteiger charge is 2.53. The van der Waals surface area contributed by atoms with Crippen LogP contribution in [-0.2, 0) is 36.6 Å². The maximum absolute atomic E-state index is 14.0. The Balaban J connectivity index is 0.757. The van der Waals surface area contributed by atoms with Crippen LogP contribution in [0.1, 0.15) is 89.1 Å². The summed E-state index contributed by atoms with van der Waals surface area (Å²) in [5.74, 6) is 0.137. The molecule has 4 aliphatic rings. The summed E-state index contributed by atoms with van der Waals surface area (Å²) in [6, 6.07) is 17.3. The Bertz CT molecular complexity index is 2720. The Kier molecular flexibility index (Phi) is 14.1. The number of carbonyl (C=O) groups is 4. The third-order valence-corrected chi connectivity index (χ3v) is 14.5. The van der Waals surface area contributed by atoms with Crippen molar-refractivity contribution >= 4 is 52.3 Å². The lowest BCUT2D eigenvalue weighted by atomic mass is 9.48. The zero-order valence-electron chi connectivity index (χ0n) is 40.5. The number of hydrogen-bond acceptors (Lipinski definition) is 11. The molecular formula is C52H58F3N7O8S. The second kappa shape index (κ2) is 19.7. The number of aryl methyl sites for hydroxylation is 1. The Morgan fingerprint density at radius 1 is 0.986 bits per heavy atom. The molecule has 71 heavy (non-hydrogen) atoms. The van der Waals surface area contributed by atoms with Crippen LogP contribution in [-0.4, -0.2) is 93.8 Å². The van der Waals surface area contributed by atoms with Crippen LogP contribution in [0.3, 0.4) is 0 Å². The molecule has 4 aromatic rings.